The first-order chi connectivity index (χ1) is 9.17. The first-order valence-electron chi connectivity index (χ1n) is 7.15. The van der Waals surface area contributed by atoms with Crippen molar-refractivity contribution in [1.82, 2.24) is 15.1 Å². The van der Waals surface area contributed by atoms with Crippen LogP contribution in [0.25, 0.3) is 0 Å². The summed E-state index contributed by atoms with van der Waals surface area (Å²) < 4.78 is 0. The number of nitriles is 1. The molecule has 108 valence electrons. The number of nitrogens with one attached hydrogen (secondary N) is 1. The number of hydrogen-bond donors (Lipinski definition) is 1. The van der Waals surface area contributed by atoms with Crippen molar-refractivity contribution in [2.24, 2.45) is 5.92 Å². The molecular formula is C14H26N4O. The topological polar surface area (TPSA) is 59.4 Å². The zero-order valence-corrected chi connectivity index (χ0v) is 12.2. The quantitative estimate of drug-likeness (QED) is 0.736. The van der Waals surface area contributed by atoms with E-state index in [1.807, 2.05) is 7.05 Å². The minimum atomic E-state index is 0.129. The maximum atomic E-state index is 11.9. The van der Waals surface area contributed by atoms with E-state index in [-0.39, 0.29) is 5.91 Å². The van der Waals surface area contributed by atoms with Gasteiger partial charge in [-0.05, 0) is 51.9 Å². The Hall–Kier alpha value is -1.12. The highest BCUT2D eigenvalue weighted by molar-refractivity contribution is 5.78. The first-order valence-corrected chi connectivity index (χ1v) is 7.15. The van der Waals surface area contributed by atoms with E-state index < -0.39 is 0 Å². The Balaban J connectivity index is 2.21. The van der Waals surface area contributed by atoms with Crippen LogP contribution in [0.3, 0.4) is 0 Å². The second-order valence-corrected chi connectivity index (χ2v) is 5.34. The van der Waals surface area contributed by atoms with E-state index in [4.69, 9.17) is 5.26 Å². The second kappa shape index (κ2) is 8.89. The van der Waals surface area contributed by atoms with Crippen molar-refractivity contribution in [3.8, 4) is 6.07 Å². The van der Waals surface area contributed by atoms with E-state index in [1.54, 1.807) is 11.9 Å². The Morgan fingerprint density at radius 1 is 1.47 bits per heavy atom. The number of carbonyl (C=O) groups excluding carboxylic acids is 1. The fourth-order valence-corrected chi connectivity index (χ4v) is 2.44. The summed E-state index contributed by atoms with van der Waals surface area (Å²) in [5.41, 5.74) is 0. The molecule has 19 heavy (non-hydrogen) atoms. The molecule has 1 rings (SSSR count). The third-order valence-corrected chi connectivity index (χ3v) is 3.85. The summed E-state index contributed by atoms with van der Waals surface area (Å²) in [5, 5.41) is 11.7. The fraction of sp³-hybridized carbons (Fsp3) is 0.857. The molecule has 1 aliphatic heterocycles. The van der Waals surface area contributed by atoms with Crippen LogP contribution in [0.5, 0.6) is 0 Å². The van der Waals surface area contributed by atoms with Crippen LogP contribution in [-0.4, -0.2) is 62.5 Å². The lowest BCUT2D eigenvalue weighted by Gasteiger charge is -2.32. The zero-order valence-electron chi connectivity index (χ0n) is 12.2. The van der Waals surface area contributed by atoms with Gasteiger partial charge >= 0.3 is 0 Å². The van der Waals surface area contributed by atoms with Gasteiger partial charge in [0.05, 0.1) is 19.0 Å². The summed E-state index contributed by atoms with van der Waals surface area (Å²) in [4.78, 5) is 15.8. The molecule has 0 radical (unpaired) electrons. The van der Waals surface area contributed by atoms with Gasteiger partial charge in [-0.15, -0.1) is 0 Å². The molecular weight excluding hydrogens is 240 g/mol. The molecule has 5 nitrogen and oxygen atoms in total. The fourth-order valence-electron chi connectivity index (χ4n) is 2.44. The lowest BCUT2D eigenvalue weighted by atomic mass is 9.93. The Labute approximate surface area is 116 Å². The van der Waals surface area contributed by atoms with Crippen molar-refractivity contribution in [3.63, 3.8) is 0 Å². The highest BCUT2D eigenvalue weighted by atomic mass is 16.2. The summed E-state index contributed by atoms with van der Waals surface area (Å²) in [6.07, 6.45) is 4.03. The van der Waals surface area contributed by atoms with Gasteiger partial charge < -0.3 is 10.2 Å². The number of rotatable bonds is 7. The summed E-state index contributed by atoms with van der Waals surface area (Å²) in [5.74, 6) is 0.930. The molecule has 0 aliphatic carbocycles. The Morgan fingerprint density at radius 2 is 2.16 bits per heavy atom. The first kappa shape index (κ1) is 15.9. The van der Waals surface area contributed by atoms with Crippen molar-refractivity contribution in [1.29, 1.82) is 5.26 Å². The van der Waals surface area contributed by atoms with E-state index in [2.05, 4.69) is 16.3 Å². The van der Waals surface area contributed by atoms with Crippen LogP contribution < -0.4 is 5.32 Å². The van der Waals surface area contributed by atoms with Gasteiger partial charge in [0.1, 0.15) is 0 Å². The third-order valence-electron chi connectivity index (χ3n) is 3.85. The largest absolute Gasteiger partial charge is 0.344 e. The second-order valence-electron chi connectivity index (χ2n) is 5.34. The predicted molar refractivity (Wildman–Crippen MR) is 75.6 cm³/mol. The molecule has 0 aromatic heterocycles. The molecule has 0 bridgehead atoms. The molecule has 0 aromatic carbocycles. The number of amides is 1. The molecule has 0 saturated carbocycles. The van der Waals surface area contributed by atoms with Crippen molar-refractivity contribution >= 4 is 5.91 Å². The van der Waals surface area contributed by atoms with E-state index >= 15 is 0 Å². The average Bonchev–Trinajstić information content (AvgIpc) is 2.43. The molecule has 1 amide bonds. The molecule has 1 heterocycles. The van der Waals surface area contributed by atoms with Crippen LogP contribution in [0.2, 0.25) is 0 Å². The smallest absolute Gasteiger partial charge is 0.236 e. The van der Waals surface area contributed by atoms with Gasteiger partial charge in [0.2, 0.25) is 5.91 Å². The van der Waals surface area contributed by atoms with Gasteiger partial charge in [-0.25, -0.2) is 0 Å². The highest BCUT2D eigenvalue weighted by Gasteiger charge is 2.21. The molecule has 1 aliphatic rings. The number of likely N-dealkylation sites (tertiary alicyclic amines) is 1. The molecule has 1 N–H and O–H groups in total. The lowest BCUT2D eigenvalue weighted by molar-refractivity contribution is -0.131. The number of carbonyl (C=O) groups is 1. The summed E-state index contributed by atoms with van der Waals surface area (Å²) >= 11 is 0. The molecule has 1 saturated heterocycles. The number of likely N-dealkylation sites (N-methyl/N-ethyl adjacent to an activating group) is 1. The van der Waals surface area contributed by atoms with Crippen LogP contribution in [0.1, 0.15) is 25.7 Å². The molecule has 5 heteroatoms. The van der Waals surface area contributed by atoms with Crippen LogP contribution >= 0.6 is 0 Å². The van der Waals surface area contributed by atoms with E-state index in [1.165, 1.54) is 19.3 Å². The molecule has 0 spiro atoms. The molecule has 0 unspecified atom stereocenters. The Morgan fingerprint density at radius 3 is 2.74 bits per heavy atom. The zero-order chi connectivity index (χ0) is 14.1. The van der Waals surface area contributed by atoms with Crippen LogP contribution in [-0.2, 0) is 4.79 Å². The van der Waals surface area contributed by atoms with E-state index in [0.717, 1.165) is 25.6 Å². The van der Waals surface area contributed by atoms with Gasteiger partial charge in [-0.1, -0.05) is 0 Å². The standard InChI is InChI=1S/C14H26N4O/c1-16-8-4-13-5-10-18(11-6-13)12-14(19)17(2)9-3-7-15/h13,16H,3-6,8-12H2,1-2H3. The number of piperidine rings is 1. The third kappa shape index (κ3) is 6.04. The maximum absolute atomic E-state index is 11.9. The van der Waals surface area contributed by atoms with E-state index in [0.29, 0.717) is 19.5 Å². The lowest BCUT2D eigenvalue weighted by Crippen LogP contribution is -2.42. The van der Waals surface area contributed by atoms with Crippen LogP contribution in [0, 0.1) is 17.2 Å². The van der Waals surface area contributed by atoms with Gasteiger partial charge in [-0.3, -0.25) is 9.69 Å². The van der Waals surface area contributed by atoms with Crippen molar-refractivity contribution in [2.75, 3.05) is 46.8 Å². The number of nitrogens with zero attached hydrogens (tertiary/aromatic N) is 3. The monoisotopic (exact) mass is 266 g/mol. The van der Waals surface area contributed by atoms with Gasteiger partial charge in [0.25, 0.3) is 0 Å². The molecule has 0 atom stereocenters. The van der Waals surface area contributed by atoms with Gasteiger partial charge in [0.15, 0.2) is 0 Å². The minimum Gasteiger partial charge on any atom is -0.344 e. The summed E-state index contributed by atoms with van der Waals surface area (Å²) in [6, 6.07) is 2.07. The Bertz CT molecular complexity index is 305. The van der Waals surface area contributed by atoms with E-state index in [9.17, 15) is 4.79 Å². The van der Waals surface area contributed by atoms with Crippen molar-refractivity contribution in [3.05, 3.63) is 0 Å². The normalized spacial score (nSPS) is 17.1. The van der Waals surface area contributed by atoms with Gasteiger partial charge in [-0.2, -0.15) is 5.26 Å². The average molecular weight is 266 g/mol. The maximum Gasteiger partial charge on any atom is 0.236 e. The predicted octanol–water partition coefficient (Wildman–Crippen LogP) is 0.680. The minimum absolute atomic E-state index is 0.129. The van der Waals surface area contributed by atoms with Crippen molar-refractivity contribution < 1.29 is 4.79 Å². The van der Waals surface area contributed by atoms with Crippen molar-refractivity contribution in [2.45, 2.75) is 25.7 Å². The molecule has 0 aromatic rings. The van der Waals surface area contributed by atoms with Gasteiger partial charge in [0, 0.05) is 13.6 Å². The van der Waals surface area contributed by atoms with Crippen LogP contribution in [0.4, 0.5) is 0 Å². The summed E-state index contributed by atoms with van der Waals surface area (Å²) in [6.45, 7) is 4.16. The van der Waals surface area contributed by atoms with Crippen LogP contribution in [0.15, 0.2) is 0 Å². The molecule has 1 fully saturated rings. The highest BCUT2D eigenvalue weighted by Crippen LogP contribution is 2.19. The number of hydrogen-bond acceptors (Lipinski definition) is 4. The SMILES string of the molecule is CNCCC1CCN(CC(=O)N(C)CCC#N)CC1. The Kier molecular flexibility index (Phi) is 7.46. The summed E-state index contributed by atoms with van der Waals surface area (Å²) in [7, 11) is 3.77.